The lowest BCUT2D eigenvalue weighted by Gasteiger charge is -2.29. The molecule has 1 aromatic heterocycles. The van der Waals surface area contributed by atoms with E-state index in [4.69, 9.17) is 4.74 Å². The van der Waals surface area contributed by atoms with Gasteiger partial charge in [0.25, 0.3) is 10.0 Å². The van der Waals surface area contributed by atoms with Crippen LogP contribution in [0.15, 0.2) is 51.9 Å². The molecule has 0 atom stereocenters. The van der Waals surface area contributed by atoms with E-state index < -0.39 is 16.0 Å². The average Bonchev–Trinajstić information content (AvgIpc) is 2.60. The zero-order valence-corrected chi connectivity index (χ0v) is 13.9. The van der Waals surface area contributed by atoms with E-state index in [-0.39, 0.29) is 10.7 Å². The number of carbonyl (C=O) groups is 1. The Morgan fingerprint density at radius 2 is 2.04 bits per heavy atom. The molecule has 2 heterocycles. The van der Waals surface area contributed by atoms with Crippen LogP contribution in [0, 0.1) is 0 Å². The molecule has 0 amide bonds. The molecule has 124 valence electrons. The lowest BCUT2D eigenvalue weighted by molar-refractivity contribution is 0.0600. The summed E-state index contributed by atoms with van der Waals surface area (Å²) in [6.45, 7) is 1.81. The zero-order valence-electron chi connectivity index (χ0n) is 13.1. The fourth-order valence-electron chi connectivity index (χ4n) is 2.49. The van der Waals surface area contributed by atoms with Gasteiger partial charge in [-0.25, -0.2) is 9.78 Å². The summed E-state index contributed by atoms with van der Waals surface area (Å²) in [5.74, 6) is 0.132. The fourth-order valence-corrected chi connectivity index (χ4v) is 3.70. The summed E-state index contributed by atoms with van der Waals surface area (Å²) in [4.78, 5) is 17.7. The fraction of sp³-hybridized carbons (Fsp3) is 0.188. The molecular weight excluding hydrogens is 330 g/mol. The van der Waals surface area contributed by atoms with Crippen molar-refractivity contribution in [2.24, 2.45) is 4.40 Å². The summed E-state index contributed by atoms with van der Waals surface area (Å²) >= 11 is 0. The minimum absolute atomic E-state index is 0.0330. The van der Waals surface area contributed by atoms with Crippen molar-refractivity contribution in [1.82, 2.24) is 4.98 Å². The second-order valence-electron chi connectivity index (χ2n) is 5.04. The molecule has 0 fully saturated rings. The molecule has 0 saturated carbocycles. The first kappa shape index (κ1) is 16.1. The minimum atomic E-state index is -3.78. The molecule has 0 unspecified atom stereocenters. The average molecular weight is 345 g/mol. The maximum atomic E-state index is 12.3. The Bertz CT molecular complexity index is 938. The van der Waals surface area contributed by atoms with Crippen LogP contribution in [0.4, 0.5) is 11.5 Å². The predicted octanol–water partition coefficient (Wildman–Crippen LogP) is 2.52. The maximum Gasteiger partial charge on any atom is 0.337 e. The molecule has 0 bridgehead atoms. The molecule has 0 aliphatic carbocycles. The summed E-state index contributed by atoms with van der Waals surface area (Å²) in [6, 6.07) is 9.71. The van der Waals surface area contributed by atoms with Gasteiger partial charge in [0.05, 0.1) is 12.7 Å². The van der Waals surface area contributed by atoms with Gasteiger partial charge in [-0.3, -0.25) is 4.90 Å². The van der Waals surface area contributed by atoms with Gasteiger partial charge in [0.2, 0.25) is 0 Å². The van der Waals surface area contributed by atoms with Gasteiger partial charge < -0.3 is 4.74 Å². The quantitative estimate of drug-likeness (QED) is 0.794. The molecule has 3 rings (SSSR count). The molecule has 8 heteroatoms. The summed E-state index contributed by atoms with van der Waals surface area (Å²) in [7, 11) is -2.48. The highest BCUT2D eigenvalue weighted by Gasteiger charge is 2.32. The largest absolute Gasteiger partial charge is 0.465 e. The second kappa shape index (κ2) is 6.04. The number of sulfonamides is 1. The summed E-state index contributed by atoms with van der Waals surface area (Å²) in [5, 5.41) is 0. The number of carbonyl (C=O) groups excluding carboxylic acids is 1. The lowest BCUT2D eigenvalue weighted by atomic mass is 10.1. The molecule has 0 saturated heterocycles. The first-order valence-corrected chi connectivity index (χ1v) is 8.69. The van der Waals surface area contributed by atoms with E-state index in [1.165, 1.54) is 19.4 Å². The highest BCUT2D eigenvalue weighted by molar-refractivity contribution is 7.90. The van der Waals surface area contributed by atoms with E-state index in [1.807, 2.05) is 0 Å². The van der Waals surface area contributed by atoms with Gasteiger partial charge >= 0.3 is 5.97 Å². The van der Waals surface area contributed by atoms with Crippen LogP contribution in [0.3, 0.4) is 0 Å². The highest BCUT2D eigenvalue weighted by atomic mass is 32.2. The molecule has 0 radical (unpaired) electrons. The van der Waals surface area contributed by atoms with Crippen LogP contribution in [0.2, 0.25) is 0 Å². The monoisotopic (exact) mass is 345 g/mol. The summed E-state index contributed by atoms with van der Waals surface area (Å²) < 4.78 is 33.2. The van der Waals surface area contributed by atoms with Crippen LogP contribution in [-0.4, -0.2) is 32.3 Å². The van der Waals surface area contributed by atoms with E-state index in [0.717, 1.165) is 0 Å². The minimum Gasteiger partial charge on any atom is -0.465 e. The smallest absolute Gasteiger partial charge is 0.337 e. The van der Waals surface area contributed by atoms with E-state index in [2.05, 4.69) is 9.38 Å². The number of fused-ring (bicyclic) bond motifs is 1. The van der Waals surface area contributed by atoms with Gasteiger partial charge in [0.15, 0.2) is 5.82 Å². The van der Waals surface area contributed by atoms with Crippen LogP contribution in [0.1, 0.15) is 23.7 Å². The number of nitrogens with zero attached hydrogens (tertiary/aromatic N) is 3. The van der Waals surface area contributed by atoms with Gasteiger partial charge in [-0.15, -0.1) is 4.40 Å². The van der Waals surface area contributed by atoms with Gasteiger partial charge in [-0.1, -0.05) is 13.0 Å². The van der Waals surface area contributed by atoms with Crippen molar-refractivity contribution in [3.63, 3.8) is 0 Å². The highest BCUT2D eigenvalue weighted by Crippen LogP contribution is 2.35. The molecule has 1 aliphatic heterocycles. The zero-order chi connectivity index (χ0) is 17.3. The van der Waals surface area contributed by atoms with Crippen molar-refractivity contribution >= 4 is 33.3 Å². The predicted molar refractivity (Wildman–Crippen MR) is 89.1 cm³/mol. The van der Waals surface area contributed by atoms with E-state index in [1.54, 1.807) is 42.2 Å². The van der Waals surface area contributed by atoms with Crippen LogP contribution in [0.5, 0.6) is 0 Å². The Hall–Kier alpha value is -2.74. The summed E-state index contributed by atoms with van der Waals surface area (Å²) in [5.41, 5.74) is 0.949. The standard InChI is InChI=1S/C16H15N3O4S/c1-3-14-18-24(21,22)13-8-5-9-17-15(13)19(14)12-7-4-6-11(10-12)16(20)23-2/h4-10H,3H2,1-2H3. The van der Waals surface area contributed by atoms with Crippen molar-refractivity contribution in [2.75, 3.05) is 12.0 Å². The van der Waals surface area contributed by atoms with E-state index in [0.29, 0.717) is 23.5 Å². The van der Waals surface area contributed by atoms with Crippen LogP contribution >= 0.6 is 0 Å². The summed E-state index contributed by atoms with van der Waals surface area (Å²) in [6.07, 6.45) is 1.90. The molecular formula is C16H15N3O4S. The molecule has 2 aromatic rings. The van der Waals surface area contributed by atoms with Crippen molar-refractivity contribution in [3.05, 3.63) is 48.2 Å². The SMILES string of the molecule is CCC1=NS(=O)(=O)c2cccnc2N1c1cccc(C(=O)OC)c1. The molecule has 24 heavy (non-hydrogen) atoms. The third kappa shape index (κ3) is 2.65. The lowest BCUT2D eigenvalue weighted by Crippen LogP contribution is -2.32. The van der Waals surface area contributed by atoms with E-state index in [9.17, 15) is 13.2 Å². The first-order chi connectivity index (χ1) is 11.5. The number of hydrogen-bond acceptors (Lipinski definition) is 6. The second-order valence-corrected chi connectivity index (χ2v) is 6.61. The number of ether oxygens (including phenoxy) is 1. The number of amidine groups is 1. The number of hydrogen-bond donors (Lipinski definition) is 0. The first-order valence-electron chi connectivity index (χ1n) is 7.25. The third-order valence-corrected chi connectivity index (χ3v) is 4.89. The number of esters is 1. The van der Waals surface area contributed by atoms with Gasteiger partial charge in [-0.05, 0) is 30.3 Å². The Morgan fingerprint density at radius 1 is 1.25 bits per heavy atom. The number of anilines is 2. The Labute approximate surface area is 139 Å². The number of aromatic nitrogens is 1. The van der Waals surface area contributed by atoms with Crippen LogP contribution in [0.25, 0.3) is 0 Å². The number of benzene rings is 1. The number of rotatable bonds is 3. The van der Waals surface area contributed by atoms with Crippen LogP contribution < -0.4 is 4.90 Å². The third-order valence-electron chi connectivity index (χ3n) is 3.57. The van der Waals surface area contributed by atoms with E-state index >= 15 is 0 Å². The Kier molecular flexibility index (Phi) is 4.06. The van der Waals surface area contributed by atoms with Crippen LogP contribution in [-0.2, 0) is 14.8 Å². The van der Waals surface area contributed by atoms with Gasteiger partial charge in [0, 0.05) is 18.3 Å². The Morgan fingerprint density at radius 3 is 2.75 bits per heavy atom. The van der Waals surface area contributed by atoms with Crippen molar-refractivity contribution in [1.29, 1.82) is 0 Å². The number of methoxy groups -OCH3 is 1. The molecule has 1 aromatic carbocycles. The van der Waals surface area contributed by atoms with Gasteiger partial charge in [0.1, 0.15) is 10.7 Å². The van der Waals surface area contributed by atoms with Gasteiger partial charge in [-0.2, -0.15) is 8.42 Å². The Balaban J connectivity index is 2.21. The van der Waals surface area contributed by atoms with Crippen molar-refractivity contribution < 1.29 is 17.9 Å². The number of pyridine rings is 1. The van der Waals surface area contributed by atoms with Crippen molar-refractivity contribution in [3.8, 4) is 0 Å². The molecule has 1 aliphatic rings. The maximum absolute atomic E-state index is 12.3. The normalized spacial score (nSPS) is 15.4. The van der Waals surface area contributed by atoms with Crippen molar-refractivity contribution in [2.45, 2.75) is 18.2 Å². The molecule has 0 N–H and O–H groups in total. The molecule has 7 nitrogen and oxygen atoms in total. The topological polar surface area (TPSA) is 88.9 Å². The molecule has 0 spiro atoms.